The maximum atomic E-state index is 12.0. The lowest BCUT2D eigenvalue weighted by Gasteiger charge is -2.07. The molecule has 0 N–H and O–H groups in total. The number of hydrogen-bond donors (Lipinski definition) is 0. The zero-order valence-electron chi connectivity index (χ0n) is 20.8. The van der Waals surface area contributed by atoms with Gasteiger partial charge in [-0.25, -0.2) is 9.59 Å². The van der Waals surface area contributed by atoms with E-state index in [2.05, 4.69) is 23.7 Å². The van der Waals surface area contributed by atoms with Crippen LogP contribution in [0, 0.1) is 0 Å². The molecular weight excluding hydrogens is 444 g/mol. The summed E-state index contributed by atoms with van der Waals surface area (Å²) in [4.78, 5) is 23.3. The monoisotopic (exact) mass is 480 g/mol. The minimum Gasteiger partial charge on any atom is -0.494 e. The number of carbonyl (C=O) groups excluding carboxylic acids is 2. The van der Waals surface area contributed by atoms with Crippen molar-refractivity contribution in [2.45, 2.75) is 58.8 Å². The molecule has 0 saturated carbocycles. The second-order valence-electron chi connectivity index (χ2n) is 8.26. The van der Waals surface area contributed by atoms with E-state index in [1.165, 1.54) is 0 Å². The fourth-order valence-corrected chi connectivity index (χ4v) is 3.02. The van der Waals surface area contributed by atoms with Gasteiger partial charge in [0.15, 0.2) is 0 Å². The van der Waals surface area contributed by atoms with Crippen LogP contribution in [0.2, 0.25) is 0 Å². The van der Waals surface area contributed by atoms with E-state index in [1.54, 1.807) is 31.2 Å². The van der Waals surface area contributed by atoms with Crippen molar-refractivity contribution >= 4 is 23.3 Å². The molecule has 0 aliphatic rings. The van der Waals surface area contributed by atoms with E-state index in [0.717, 1.165) is 50.7 Å². The third kappa shape index (κ3) is 11.5. The van der Waals surface area contributed by atoms with Crippen LogP contribution in [0.15, 0.2) is 70.9 Å². The van der Waals surface area contributed by atoms with Crippen LogP contribution in [0.3, 0.4) is 0 Å². The van der Waals surface area contributed by atoms with Crippen LogP contribution >= 0.6 is 0 Å². The fraction of sp³-hybridized carbons (Fsp3) is 0.429. The second-order valence-corrected chi connectivity index (χ2v) is 8.26. The molecular formula is C28H36N2O5. The van der Waals surface area contributed by atoms with Gasteiger partial charge in [0.05, 0.1) is 36.8 Å². The minimum absolute atomic E-state index is 0.315. The number of carbonyl (C=O) groups is 2. The topological polar surface area (TPSA) is 86.5 Å². The van der Waals surface area contributed by atoms with E-state index in [9.17, 15) is 9.59 Å². The van der Waals surface area contributed by atoms with Gasteiger partial charge in [-0.2, -0.15) is 10.2 Å². The summed E-state index contributed by atoms with van der Waals surface area (Å²) in [6.07, 6.45) is 6.78. The lowest BCUT2D eigenvalue weighted by Crippen LogP contribution is -2.06. The summed E-state index contributed by atoms with van der Waals surface area (Å²) in [6.45, 7) is 8.81. The summed E-state index contributed by atoms with van der Waals surface area (Å²) < 4.78 is 16.1. The molecule has 0 radical (unpaired) electrons. The molecule has 2 aromatic carbocycles. The van der Waals surface area contributed by atoms with Gasteiger partial charge >= 0.3 is 11.9 Å². The van der Waals surface area contributed by atoms with Crippen LogP contribution in [0.5, 0.6) is 5.75 Å². The van der Waals surface area contributed by atoms with Crippen molar-refractivity contribution in [3.8, 4) is 5.75 Å². The van der Waals surface area contributed by atoms with Gasteiger partial charge in [-0.05, 0) is 87.6 Å². The largest absolute Gasteiger partial charge is 0.494 e. The first-order chi connectivity index (χ1) is 17.0. The van der Waals surface area contributed by atoms with Crippen LogP contribution in [0.1, 0.15) is 69.2 Å². The van der Waals surface area contributed by atoms with Crippen molar-refractivity contribution in [1.82, 2.24) is 0 Å². The Balaban J connectivity index is 1.65. The molecule has 0 bridgehead atoms. The maximum absolute atomic E-state index is 12.0. The number of benzene rings is 2. The first-order valence-corrected chi connectivity index (χ1v) is 12.2. The molecule has 0 aliphatic heterocycles. The molecule has 0 saturated heterocycles. The van der Waals surface area contributed by atoms with Crippen molar-refractivity contribution in [2.75, 3.05) is 19.8 Å². The molecule has 0 fully saturated rings. The third-order valence-electron chi connectivity index (χ3n) is 5.09. The van der Waals surface area contributed by atoms with Gasteiger partial charge in [0.2, 0.25) is 0 Å². The van der Waals surface area contributed by atoms with E-state index in [1.807, 2.05) is 24.3 Å². The highest BCUT2D eigenvalue weighted by Gasteiger charge is 2.06. The molecule has 2 rings (SSSR count). The smallest absolute Gasteiger partial charge is 0.338 e. The van der Waals surface area contributed by atoms with E-state index in [0.29, 0.717) is 42.3 Å². The van der Waals surface area contributed by atoms with Gasteiger partial charge in [0.1, 0.15) is 5.75 Å². The molecule has 0 heterocycles. The first-order valence-electron chi connectivity index (χ1n) is 12.2. The van der Waals surface area contributed by atoms with Gasteiger partial charge in [-0.15, -0.1) is 0 Å². The number of unbranched alkanes of at least 4 members (excludes halogenated alkanes) is 5. The molecule has 35 heavy (non-hydrogen) atoms. The SMILES string of the molecule is C=C(C)C(=O)OCCCCCCOc1ccc(N=Nc2ccc(C(=O)OCCCCC)cc2)cc1. The second kappa shape index (κ2) is 16.2. The number of hydrogen-bond acceptors (Lipinski definition) is 7. The Morgan fingerprint density at radius 2 is 1.29 bits per heavy atom. The van der Waals surface area contributed by atoms with Crippen LogP contribution in [0.25, 0.3) is 0 Å². The molecule has 7 nitrogen and oxygen atoms in total. The summed E-state index contributed by atoms with van der Waals surface area (Å²) in [5.74, 6) is 0.134. The van der Waals surface area contributed by atoms with Crippen molar-refractivity contribution in [3.63, 3.8) is 0 Å². The van der Waals surface area contributed by atoms with Crippen LogP contribution in [-0.4, -0.2) is 31.8 Å². The number of nitrogens with zero attached hydrogens (tertiary/aromatic N) is 2. The highest BCUT2D eigenvalue weighted by Crippen LogP contribution is 2.22. The average molecular weight is 481 g/mol. The van der Waals surface area contributed by atoms with Crippen LogP contribution < -0.4 is 4.74 Å². The summed E-state index contributed by atoms with van der Waals surface area (Å²) in [5.41, 5.74) is 2.30. The van der Waals surface area contributed by atoms with Crippen molar-refractivity contribution < 1.29 is 23.8 Å². The predicted octanol–water partition coefficient (Wildman–Crippen LogP) is 7.51. The van der Waals surface area contributed by atoms with E-state index in [-0.39, 0.29) is 11.9 Å². The Hall–Kier alpha value is -3.48. The molecule has 0 aliphatic carbocycles. The molecule has 2 aromatic rings. The van der Waals surface area contributed by atoms with Crippen molar-refractivity contribution in [1.29, 1.82) is 0 Å². The number of azo groups is 1. The highest BCUT2D eigenvalue weighted by atomic mass is 16.5. The quantitative estimate of drug-likeness (QED) is 0.107. The van der Waals surface area contributed by atoms with Gasteiger partial charge in [0, 0.05) is 5.57 Å². The van der Waals surface area contributed by atoms with Crippen LogP contribution in [-0.2, 0) is 14.3 Å². The summed E-state index contributed by atoms with van der Waals surface area (Å²) in [6, 6.07) is 14.3. The zero-order chi connectivity index (χ0) is 25.3. The number of rotatable bonds is 16. The fourth-order valence-electron chi connectivity index (χ4n) is 3.02. The summed E-state index contributed by atoms with van der Waals surface area (Å²) >= 11 is 0. The molecule has 0 aromatic heterocycles. The van der Waals surface area contributed by atoms with Crippen molar-refractivity contribution in [3.05, 3.63) is 66.2 Å². The Kier molecular flexibility index (Phi) is 12.8. The van der Waals surface area contributed by atoms with Crippen LogP contribution in [0.4, 0.5) is 11.4 Å². The lowest BCUT2D eigenvalue weighted by molar-refractivity contribution is -0.139. The molecule has 0 atom stereocenters. The Morgan fingerprint density at radius 1 is 0.743 bits per heavy atom. The third-order valence-corrected chi connectivity index (χ3v) is 5.09. The van der Waals surface area contributed by atoms with Gasteiger partial charge in [-0.1, -0.05) is 26.3 Å². The van der Waals surface area contributed by atoms with E-state index >= 15 is 0 Å². The Labute approximate surface area is 208 Å². The number of ether oxygens (including phenoxy) is 3. The first kappa shape index (κ1) is 27.8. The molecule has 0 amide bonds. The Morgan fingerprint density at radius 3 is 1.89 bits per heavy atom. The van der Waals surface area contributed by atoms with Gasteiger partial charge in [0.25, 0.3) is 0 Å². The van der Waals surface area contributed by atoms with Crippen molar-refractivity contribution in [2.24, 2.45) is 10.2 Å². The molecule has 188 valence electrons. The molecule has 7 heteroatoms. The van der Waals surface area contributed by atoms with E-state index in [4.69, 9.17) is 14.2 Å². The summed E-state index contributed by atoms with van der Waals surface area (Å²) in [5, 5.41) is 8.46. The standard InChI is InChI=1S/C28H36N2O5/c1-4-5-8-20-35-28(32)23-11-13-24(14-12-23)29-30-25-15-17-26(18-16-25)33-19-9-6-7-10-21-34-27(31)22(2)3/h11-18H,2,4-10,19-21H2,1,3H3. The lowest BCUT2D eigenvalue weighted by atomic mass is 10.2. The van der Waals surface area contributed by atoms with Gasteiger partial charge in [-0.3, -0.25) is 0 Å². The molecule has 0 spiro atoms. The minimum atomic E-state index is -0.329. The summed E-state index contributed by atoms with van der Waals surface area (Å²) in [7, 11) is 0. The molecule has 0 unspecified atom stereocenters. The average Bonchev–Trinajstić information content (AvgIpc) is 2.87. The predicted molar refractivity (Wildman–Crippen MR) is 137 cm³/mol. The van der Waals surface area contributed by atoms with Gasteiger partial charge < -0.3 is 14.2 Å². The normalized spacial score (nSPS) is 10.8. The highest BCUT2D eigenvalue weighted by molar-refractivity contribution is 5.89. The maximum Gasteiger partial charge on any atom is 0.338 e. The zero-order valence-corrected chi connectivity index (χ0v) is 20.8. The van der Waals surface area contributed by atoms with E-state index < -0.39 is 0 Å². The Bertz CT molecular complexity index is 952. The number of esters is 2.